The molecule has 1 aliphatic carbocycles. The number of rotatable bonds is 2. The molecule has 1 heterocycles. The van der Waals surface area contributed by atoms with Crippen LogP contribution in [0.25, 0.3) is 0 Å². The first kappa shape index (κ1) is 12.2. The monoisotopic (exact) mass is 235 g/mol. The Balaban J connectivity index is 1.95. The minimum Gasteiger partial charge on any atom is -0.348 e. The van der Waals surface area contributed by atoms with Gasteiger partial charge in [-0.1, -0.05) is 0 Å². The molecule has 2 rings (SSSR count). The quantitative estimate of drug-likeness (QED) is 0.812. The van der Waals surface area contributed by atoms with Gasteiger partial charge in [-0.25, -0.2) is 0 Å². The van der Waals surface area contributed by atoms with Gasteiger partial charge in [0.1, 0.15) is 5.69 Å². The van der Waals surface area contributed by atoms with E-state index in [-0.39, 0.29) is 11.9 Å². The van der Waals surface area contributed by atoms with Crippen molar-refractivity contribution in [3.8, 4) is 0 Å². The van der Waals surface area contributed by atoms with Crippen molar-refractivity contribution in [2.24, 2.45) is 12.8 Å². The van der Waals surface area contributed by atoms with E-state index in [0.717, 1.165) is 37.1 Å². The Morgan fingerprint density at radius 2 is 2.00 bits per heavy atom. The number of carbonyl (C=O) groups excluding carboxylic acids is 1. The molecule has 0 aliphatic heterocycles. The molecule has 0 bridgehead atoms. The third-order valence-corrected chi connectivity index (χ3v) is 3.71. The first-order valence-corrected chi connectivity index (χ1v) is 6.26. The minimum absolute atomic E-state index is 0.0288. The summed E-state index contributed by atoms with van der Waals surface area (Å²) in [5.41, 5.74) is 7.68. The predicted molar refractivity (Wildman–Crippen MR) is 67.8 cm³/mol. The van der Waals surface area contributed by atoms with E-state index in [4.69, 9.17) is 5.73 Å². The first-order valence-electron chi connectivity index (χ1n) is 6.26. The lowest BCUT2D eigenvalue weighted by atomic mass is 9.92. The molecule has 0 aromatic carbocycles. The Morgan fingerprint density at radius 3 is 2.53 bits per heavy atom. The molecule has 4 nitrogen and oxygen atoms in total. The first-order chi connectivity index (χ1) is 8.08. The molecular formula is C13H21N3O. The van der Waals surface area contributed by atoms with Crippen LogP contribution in [0.5, 0.6) is 0 Å². The largest absolute Gasteiger partial charge is 0.348 e. The van der Waals surface area contributed by atoms with Crippen molar-refractivity contribution in [1.29, 1.82) is 0 Å². The van der Waals surface area contributed by atoms with E-state index in [1.807, 2.05) is 30.7 Å². The van der Waals surface area contributed by atoms with Crippen molar-refractivity contribution in [3.63, 3.8) is 0 Å². The van der Waals surface area contributed by atoms with Gasteiger partial charge in [-0.3, -0.25) is 4.79 Å². The zero-order valence-electron chi connectivity index (χ0n) is 10.6. The van der Waals surface area contributed by atoms with Crippen LogP contribution in [-0.4, -0.2) is 22.6 Å². The molecule has 3 N–H and O–H groups in total. The van der Waals surface area contributed by atoms with Gasteiger partial charge in [-0.15, -0.1) is 0 Å². The standard InChI is InChI=1S/C13H21N3O/c1-9-3-8-12(16(9)2)13(17)15-11-6-4-10(14)5-7-11/h3,8,10-11H,4-7,14H2,1-2H3,(H,15,17). The Labute approximate surface area is 102 Å². The van der Waals surface area contributed by atoms with Gasteiger partial charge >= 0.3 is 0 Å². The summed E-state index contributed by atoms with van der Waals surface area (Å²) in [5.74, 6) is 0.0288. The summed E-state index contributed by atoms with van der Waals surface area (Å²) in [6, 6.07) is 4.45. The summed E-state index contributed by atoms with van der Waals surface area (Å²) < 4.78 is 1.92. The number of nitrogens with zero attached hydrogens (tertiary/aromatic N) is 1. The molecule has 1 fully saturated rings. The van der Waals surface area contributed by atoms with Crippen molar-refractivity contribution in [2.75, 3.05) is 0 Å². The zero-order chi connectivity index (χ0) is 12.4. The van der Waals surface area contributed by atoms with E-state index in [0.29, 0.717) is 6.04 Å². The summed E-state index contributed by atoms with van der Waals surface area (Å²) in [7, 11) is 1.92. The van der Waals surface area contributed by atoms with Gasteiger partial charge in [-0.05, 0) is 44.7 Å². The lowest BCUT2D eigenvalue weighted by Crippen LogP contribution is -2.41. The molecule has 0 saturated heterocycles. The smallest absolute Gasteiger partial charge is 0.268 e. The third-order valence-electron chi connectivity index (χ3n) is 3.71. The molecule has 1 aliphatic rings. The Kier molecular flexibility index (Phi) is 3.52. The lowest BCUT2D eigenvalue weighted by Gasteiger charge is -2.26. The maximum Gasteiger partial charge on any atom is 0.268 e. The van der Waals surface area contributed by atoms with Crippen molar-refractivity contribution in [1.82, 2.24) is 9.88 Å². The number of aromatic nitrogens is 1. The highest BCUT2D eigenvalue weighted by Crippen LogP contribution is 2.17. The van der Waals surface area contributed by atoms with Gasteiger partial charge in [0.25, 0.3) is 5.91 Å². The number of hydrogen-bond acceptors (Lipinski definition) is 2. The maximum absolute atomic E-state index is 12.1. The molecule has 1 amide bonds. The third kappa shape index (κ3) is 2.69. The summed E-state index contributed by atoms with van der Waals surface area (Å²) in [6.45, 7) is 2.00. The van der Waals surface area contributed by atoms with Gasteiger partial charge in [-0.2, -0.15) is 0 Å². The number of hydrogen-bond donors (Lipinski definition) is 2. The molecule has 1 aromatic heterocycles. The molecule has 0 spiro atoms. The summed E-state index contributed by atoms with van der Waals surface area (Å²) in [6.07, 6.45) is 4.01. The van der Waals surface area contributed by atoms with E-state index in [9.17, 15) is 4.79 Å². The van der Waals surface area contributed by atoms with Crippen LogP contribution in [0.2, 0.25) is 0 Å². The molecule has 0 unspecified atom stereocenters. The van der Waals surface area contributed by atoms with Gasteiger partial charge in [0.05, 0.1) is 0 Å². The van der Waals surface area contributed by atoms with Gasteiger partial charge in [0.2, 0.25) is 0 Å². The van der Waals surface area contributed by atoms with E-state index < -0.39 is 0 Å². The van der Waals surface area contributed by atoms with Crippen LogP contribution in [0.3, 0.4) is 0 Å². The molecule has 0 radical (unpaired) electrons. The maximum atomic E-state index is 12.1. The number of amides is 1. The average Bonchev–Trinajstić information content (AvgIpc) is 2.63. The minimum atomic E-state index is 0.0288. The number of nitrogens with one attached hydrogen (secondary N) is 1. The second-order valence-corrected chi connectivity index (χ2v) is 5.00. The van der Waals surface area contributed by atoms with Crippen molar-refractivity contribution >= 4 is 5.91 Å². The normalized spacial score (nSPS) is 24.6. The number of nitrogens with two attached hydrogens (primary N) is 1. The van der Waals surface area contributed by atoms with E-state index >= 15 is 0 Å². The number of aryl methyl sites for hydroxylation is 1. The fourth-order valence-electron chi connectivity index (χ4n) is 2.36. The van der Waals surface area contributed by atoms with Crippen molar-refractivity contribution in [3.05, 3.63) is 23.5 Å². The van der Waals surface area contributed by atoms with E-state index in [2.05, 4.69) is 5.32 Å². The molecule has 0 atom stereocenters. The highest BCUT2D eigenvalue weighted by Gasteiger charge is 2.21. The lowest BCUT2D eigenvalue weighted by molar-refractivity contribution is 0.0917. The van der Waals surface area contributed by atoms with E-state index in [1.165, 1.54) is 0 Å². The van der Waals surface area contributed by atoms with Crippen LogP contribution in [-0.2, 0) is 7.05 Å². The van der Waals surface area contributed by atoms with Gasteiger partial charge in [0.15, 0.2) is 0 Å². The fourth-order valence-corrected chi connectivity index (χ4v) is 2.36. The molecule has 94 valence electrons. The second-order valence-electron chi connectivity index (χ2n) is 5.00. The van der Waals surface area contributed by atoms with E-state index in [1.54, 1.807) is 0 Å². The Hall–Kier alpha value is -1.29. The fraction of sp³-hybridized carbons (Fsp3) is 0.615. The molecule has 17 heavy (non-hydrogen) atoms. The SMILES string of the molecule is Cc1ccc(C(=O)NC2CCC(N)CC2)n1C. The molecule has 1 aromatic rings. The van der Waals surface area contributed by atoms with Crippen LogP contribution >= 0.6 is 0 Å². The molecular weight excluding hydrogens is 214 g/mol. The molecule has 1 saturated carbocycles. The van der Waals surface area contributed by atoms with Crippen LogP contribution < -0.4 is 11.1 Å². The second kappa shape index (κ2) is 4.92. The number of carbonyl (C=O) groups is 1. The summed E-state index contributed by atoms with van der Waals surface area (Å²) >= 11 is 0. The highest BCUT2D eigenvalue weighted by molar-refractivity contribution is 5.93. The summed E-state index contributed by atoms with van der Waals surface area (Å²) in [4.78, 5) is 12.1. The van der Waals surface area contributed by atoms with Crippen LogP contribution in [0.1, 0.15) is 41.9 Å². The van der Waals surface area contributed by atoms with Crippen LogP contribution in [0, 0.1) is 6.92 Å². The Morgan fingerprint density at radius 1 is 1.35 bits per heavy atom. The van der Waals surface area contributed by atoms with Crippen molar-refractivity contribution < 1.29 is 4.79 Å². The van der Waals surface area contributed by atoms with Crippen LogP contribution in [0.15, 0.2) is 12.1 Å². The highest BCUT2D eigenvalue weighted by atomic mass is 16.2. The summed E-state index contributed by atoms with van der Waals surface area (Å²) in [5, 5.41) is 3.09. The predicted octanol–water partition coefficient (Wildman–Crippen LogP) is 1.33. The van der Waals surface area contributed by atoms with Gasteiger partial charge < -0.3 is 15.6 Å². The van der Waals surface area contributed by atoms with Crippen LogP contribution in [0.4, 0.5) is 0 Å². The Bertz CT molecular complexity index is 403. The topological polar surface area (TPSA) is 60.1 Å². The average molecular weight is 235 g/mol. The zero-order valence-corrected chi connectivity index (χ0v) is 10.6. The van der Waals surface area contributed by atoms with Crippen molar-refractivity contribution in [2.45, 2.75) is 44.7 Å². The molecule has 4 heteroatoms. The van der Waals surface area contributed by atoms with Gasteiger partial charge in [0, 0.05) is 24.8 Å².